The van der Waals surface area contributed by atoms with E-state index in [0.717, 1.165) is 27.8 Å². The van der Waals surface area contributed by atoms with Crippen LogP contribution in [0.4, 0.5) is 0 Å². The van der Waals surface area contributed by atoms with Crippen molar-refractivity contribution in [3.05, 3.63) is 70.6 Å². The molecule has 3 aromatic rings. The molecule has 0 saturated heterocycles. The highest BCUT2D eigenvalue weighted by atomic mass is 32.2. The summed E-state index contributed by atoms with van der Waals surface area (Å²) in [4.78, 5) is 4.64. The number of furan rings is 1. The van der Waals surface area contributed by atoms with Crippen molar-refractivity contribution in [2.45, 2.75) is 39.1 Å². The van der Waals surface area contributed by atoms with Gasteiger partial charge in [0.25, 0.3) is 0 Å². The Bertz CT molecular complexity index is 1010. The standard InChI is InChI=1S/C20H22N2O3S/c1-13-10-14(2)16(4)20(15(13)3)26(23,24)22-12-17-7-8-21-18(11-17)19-6-5-9-25-19/h5-11,22H,12H2,1-4H3. The molecule has 2 heterocycles. The first-order valence-electron chi connectivity index (χ1n) is 8.35. The van der Waals surface area contributed by atoms with Crippen LogP contribution in [0.5, 0.6) is 0 Å². The Kier molecular flexibility index (Phi) is 4.98. The smallest absolute Gasteiger partial charge is 0.241 e. The van der Waals surface area contributed by atoms with Gasteiger partial charge in [-0.05, 0) is 79.8 Å². The van der Waals surface area contributed by atoms with E-state index in [9.17, 15) is 8.42 Å². The first kappa shape index (κ1) is 18.4. The van der Waals surface area contributed by atoms with Gasteiger partial charge in [-0.25, -0.2) is 13.1 Å². The monoisotopic (exact) mass is 370 g/mol. The summed E-state index contributed by atoms with van der Waals surface area (Å²) >= 11 is 0. The molecular formula is C20H22N2O3S. The average molecular weight is 370 g/mol. The van der Waals surface area contributed by atoms with E-state index in [2.05, 4.69) is 9.71 Å². The summed E-state index contributed by atoms with van der Waals surface area (Å²) < 4.78 is 33.9. The van der Waals surface area contributed by atoms with Crippen LogP contribution in [0.25, 0.3) is 11.5 Å². The largest absolute Gasteiger partial charge is 0.463 e. The van der Waals surface area contributed by atoms with E-state index in [-0.39, 0.29) is 6.54 Å². The summed E-state index contributed by atoms with van der Waals surface area (Å²) in [6.45, 7) is 7.73. The van der Waals surface area contributed by atoms with Gasteiger partial charge in [-0.3, -0.25) is 4.98 Å². The van der Waals surface area contributed by atoms with Crippen molar-refractivity contribution < 1.29 is 12.8 Å². The Balaban J connectivity index is 1.87. The predicted octanol–water partition coefficient (Wildman–Crippen LogP) is 4.05. The molecule has 0 amide bonds. The number of nitrogens with zero attached hydrogens (tertiary/aromatic N) is 1. The van der Waals surface area contributed by atoms with Crippen LogP contribution >= 0.6 is 0 Å². The van der Waals surface area contributed by atoms with Crippen molar-refractivity contribution >= 4 is 10.0 Å². The maximum absolute atomic E-state index is 12.9. The minimum absolute atomic E-state index is 0.185. The topological polar surface area (TPSA) is 72.2 Å². The maximum Gasteiger partial charge on any atom is 0.241 e. The summed E-state index contributed by atoms with van der Waals surface area (Å²) in [6.07, 6.45) is 3.23. The number of aryl methyl sites for hydroxylation is 2. The van der Waals surface area contributed by atoms with Crippen LogP contribution in [0.1, 0.15) is 27.8 Å². The minimum Gasteiger partial charge on any atom is -0.463 e. The molecule has 0 aliphatic rings. The number of aromatic nitrogens is 1. The lowest BCUT2D eigenvalue weighted by molar-refractivity contribution is 0.579. The molecular weight excluding hydrogens is 348 g/mol. The summed E-state index contributed by atoms with van der Waals surface area (Å²) in [7, 11) is -3.63. The highest BCUT2D eigenvalue weighted by Crippen LogP contribution is 2.26. The quantitative estimate of drug-likeness (QED) is 0.735. The van der Waals surface area contributed by atoms with E-state index in [1.165, 1.54) is 0 Å². The molecule has 0 bridgehead atoms. The molecule has 0 atom stereocenters. The molecule has 0 saturated carbocycles. The lowest BCUT2D eigenvalue weighted by atomic mass is 10.0. The van der Waals surface area contributed by atoms with Crippen molar-refractivity contribution in [1.29, 1.82) is 0 Å². The Morgan fingerprint density at radius 3 is 2.35 bits per heavy atom. The third-order valence-corrected chi connectivity index (χ3v) is 6.30. The molecule has 136 valence electrons. The highest BCUT2D eigenvalue weighted by molar-refractivity contribution is 7.89. The summed E-state index contributed by atoms with van der Waals surface area (Å²) in [6, 6.07) is 9.23. The van der Waals surface area contributed by atoms with Gasteiger partial charge in [-0.2, -0.15) is 0 Å². The van der Waals surface area contributed by atoms with Crippen LogP contribution in [-0.4, -0.2) is 13.4 Å². The molecule has 1 N–H and O–H groups in total. The van der Waals surface area contributed by atoms with Crippen LogP contribution in [0.15, 0.2) is 52.1 Å². The van der Waals surface area contributed by atoms with Gasteiger partial charge in [-0.15, -0.1) is 0 Å². The molecule has 0 fully saturated rings. The second-order valence-electron chi connectivity index (χ2n) is 6.44. The zero-order valence-electron chi connectivity index (χ0n) is 15.3. The number of sulfonamides is 1. The van der Waals surface area contributed by atoms with Crippen LogP contribution in [0, 0.1) is 27.7 Å². The van der Waals surface area contributed by atoms with E-state index in [1.54, 1.807) is 24.6 Å². The van der Waals surface area contributed by atoms with Crippen LogP contribution in [-0.2, 0) is 16.6 Å². The van der Waals surface area contributed by atoms with E-state index in [0.29, 0.717) is 16.3 Å². The van der Waals surface area contributed by atoms with Crippen molar-refractivity contribution in [3.8, 4) is 11.5 Å². The first-order chi connectivity index (χ1) is 12.3. The Hall–Kier alpha value is -2.44. The third-order valence-electron chi connectivity index (χ3n) is 4.63. The normalized spacial score (nSPS) is 11.7. The molecule has 5 nitrogen and oxygen atoms in total. The number of rotatable bonds is 5. The van der Waals surface area contributed by atoms with Crippen molar-refractivity contribution in [3.63, 3.8) is 0 Å². The fraction of sp³-hybridized carbons (Fsp3) is 0.250. The molecule has 1 aromatic carbocycles. The van der Waals surface area contributed by atoms with Crippen LogP contribution in [0.2, 0.25) is 0 Å². The van der Waals surface area contributed by atoms with Crippen molar-refractivity contribution in [2.75, 3.05) is 0 Å². The number of benzene rings is 1. The number of hydrogen-bond donors (Lipinski definition) is 1. The number of hydrogen-bond acceptors (Lipinski definition) is 4. The highest BCUT2D eigenvalue weighted by Gasteiger charge is 2.21. The van der Waals surface area contributed by atoms with Crippen molar-refractivity contribution in [1.82, 2.24) is 9.71 Å². The molecule has 0 radical (unpaired) electrons. The molecule has 0 spiro atoms. The average Bonchev–Trinajstić information content (AvgIpc) is 3.13. The molecule has 0 aliphatic heterocycles. The van der Waals surface area contributed by atoms with Gasteiger partial charge in [0.05, 0.1) is 11.2 Å². The Morgan fingerprint density at radius 2 is 1.73 bits per heavy atom. The molecule has 0 aliphatic carbocycles. The summed E-state index contributed by atoms with van der Waals surface area (Å²) in [5, 5.41) is 0. The molecule has 3 rings (SSSR count). The second kappa shape index (κ2) is 7.05. The molecule has 2 aromatic heterocycles. The van der Waals surface area contributed by atoms with Gasteiger partial charge < -0.3 is 4.42 Å². The molecule has 0 unspecified atom stereocenters. The van der Waals surface area contributed by atoms with E-state index in [1.807, 2.05) is 45.9 Å². The van der Waals surface area contributed by atoms with E-state index < -0.39 is 10.0 Å². The van der Waals surface area contributed by atoms with E-state index in [4.69, 9.17) is 4.42 Å². The first-order valence-corrected chi connectivity index (χ1v) is 9.84. The van der Waals surface area contributed by atoms with Gasteiger partial charge in [0.2, 0.25) is 10.0 Å². The van der Waals surface area contributed by atoms with E-state index >= 15 is 0 Å². The second-order valence-corrected chi connectivity index (χ2v) is 8.14. The van der Waals surface area contributed by atoms with Crippen LogP contribution < -0.4 is 4.72 Å². The zero-order chi connectivity index (χ0) is 18.9. The zero-order valence-corrected chi connectivity index (χ0v) is 16.1. The number of pyridine rings is 1. The lowest BCUT2D eigenvalue weighted by Crippen LogP contribution is -2.25. The predicted molar refractivity (Wildman–Crippen MR) is 101 cm³/mol. The lowest BCUT2D eigenvalue weighted by Gasteiger charge is -2.16. The third kappa shape index (κ3) is 3.57. The molecule has 6 heteroatoms. The molecule has 26 heavy (non-hydrogen) atoms. The maximum atomic E-state index is 12.9. The SMILES string of the molecule is Cc1cc(C)c(C)c(S(=O)(=O)NCc2ccnc(-c3ccco3)c2)c1C. The Labute approximate surface area is 154 Å². The van der Waals surface area contributed by atoms with Gasteiger partial charge in [-0.1, -0.05) is 6.07 Å². The summed E-state index contributed by atoms with van der Waals surface area (Å²) in [5.41, 5.74) is 4.99. The fourth-order valence-electron chi connectivity index (χ4n) is 2.98. The summed E-state index contributed by atoms with van der Waals surface area (Å²) in [5.74, 6) is 0.649. The van der Waals surface area contributed by atoms with Gasteiger partial charge in [0.15, 0.2) is 5.76 Å². The van der Waals surface area contributed by atoms with Gasteiger partial charge in [0.1, 0.15) is 5.69 Å². The fourth-order valence-corrected chi connectivity index (χ4v) is 4.61. The Morgan fingerprint density at radius 1 is 1.04 bits per heavy atom. The van der Waals surface area contributed by atoms with Gasteiger partial charge in [0, 0.05) is 12.7 Å². The van der Waals surface area contributed by atoms with Gasteiger partial charge >= 0.3 is 0 Å². The van der Waals surface area contributed by atoms with Crippen molar-refractivity contribution in [2.24, 2.45) is 0 Å². The minimum atomic E-state index is -3.63. The number of nitrogens with one attached hydrogen (secondary N) is 1. The van der Waals surface area contributed by atoms with Crippen LogP contribution in [0.3, 0.4) is 0 Å².